The zero-order chi connectivity index (χ0) is 33.5. The monoisotopic (exact) mass is 654 g/mol. The van der Waals surface area contributed by atoms with E-state index in [4.69, 9.17) is 18.9 Å². The minimum atomic E-state index is -1.10. The Morgan fingerprint density at radius 1 is 0.870 bits per heavy atom. The van der Waals surface area contributed by atoms with Gasteiger partial charge in [-0.2, -0.15) is 0 Å². The SMILES string of the molecule is CC[C@](C)(C[C@H](Cc1ccccc1)NC(=O)[C@H](COC)NC(=O)[C@H](COC)NC(=O)c1cnc(C)s1)OC(=O)Oc1ccccc1. The minimum Gasteiger partial charge on any atom is -0.428 e. The summed E-state index contributed by atoms with van der Waals surface area (Å²) >= 11 is 1.19. The number of aromatic nitrogens is 1. The molecule has 0 spiro atoms. The van der Waals surface area contributed by atoms with E-state index in [2.05, 4.69) is 20.9 Å². The van der Waals surface area contributed by atoms with Crippen LogP contribution in [0.2, 0.25) is 0 Å². The van der Waals surface area contributed by atoms with Gasteiger partial charge in [0, 0.05) is 26.7 Å². The van der Waals surface area contributed by atoms with Gasteiger partial charge in [0.05, 0.1) is 24.4 Å². The van der Waals surface area contributed by atoms with Gasteiger partial charge in [0.2, 0.25) is 11.8 Å². The Bertz CT molecular complexity index is 1420. The average molecular weight is 655 g/mol. The molecule has 46 heavy (non-hydrogen) atoms. The highest BCUT2D eigenvalue weighted by atomic mass is 32.1. The van der Waals surface area contributed by atoms with Crippen LogP contribution in [0.4, 0.5) is 4.79 Å². The first-order valence-corrected chi connectivity index (χ1v) is 15.7. The molecule has 3 amide bonds. The van der Waals surface area contributed by atoms with Crippen molar-refractivity contribution in [3.05, 3.63) is 82.3 Å². The van der Waals surface area contributed by atoms with Gasteiger partial charge >= 0.3 is 6.16 Å². The number of amides is 3. The fraction of sp³-hybridized carbons (Fsp3) is 0.424. The van der Waals surface area contributed by atoms with Crippen LogP contribution in [-0.4, -0.2) is 80.0 Å². The summed E-state index contributed by atoms with van der Waals surface area (Å²) in [6.07, 6.45) is 1.68. The molecule has 1 heterocycles. The fourth-order valence-electron chi connectivity index (χ4n) is 4.63. The topological polar surface area (TPSA) is 154 Å². The van der Waals surface area contributed by atoms with Crippen LogP contribution in [0.1, 0.15) is 46.9 Å². The van der Waals surface area contributed by atoms with Gasteiger partial charge in [-0.25, -0.2) is 9.78 Å². The molecule has 3 N–H and O–H groups in total. The molecule has 1 aromatic heterocycles. The van der Waals surface area contributed by atoms with Gasteiger partial charge in [0.25, 0.3) is 5.91 Å². The largest absolute Gasteiger partial charge is 0.514 e. The maximum Gasteiger partial charge on any atom is 0.514 e. The highest BCUT2D eigenvalue weighted by Crippen LogP contribution is 2.25. The summed E-state index contributed by atoms with van der Waals surface area (Å²) in [7, 11) is 2.81. The number of carbonyl (C=O) groups excluding carboxylic acids is 4. The van der Waals surface area contributed by atoms with Crippen molar-refractivity contribution in [2.45, 2.75) is 63.8 Å². The van der Waals surface area contributed by atoms with Gasteiger partial charge < -0.3 is 34.9 Å². The van der Waals surface area contributed by atoms with Gasteiger partial charge in [0.1, 0.15) is 28.3 Å². The third-order valence-electron chi connectivity index (χ3n) is 7.14. The van der Waals surface area contributed by atoms with Crippen molar-refractivity contribution >= 4 is 35.2 Å². The third kappa shape index (κ3) is 11.5. The molecule has 13 heteroatoms. The summed E-state index contributed by atoms with van der Waals surface area (Å²) in [5.41, 5.74) is -0.0480. The number of hydrogen-bond donors (Lipinski definition) is 3. The van der Waals surface area contributed by atoms with E-state index < -0.39 is 47.6 Å². The van der Waals surface area contributed by atoms with Crippen LogP contribution in [0.15, 0.2) is 66.9 Å². The molecule has 2 aromatic carbocycles. The van der Waals surface area contributed by atoms with Crippen LogP contribution in [0.5, 0.6) is 5.75 Å². The number of methoxy groups -OCH3 is 2. The number of carbonyl (C=O) groups is 4. The second-order valence-corrected chi connectivity index (χ2v) is 12.1. The number of aryl methyl sites for hydroxylation is 1. The first-order valence-electron chi connectivity index (χ1n) is 14.9. The lowest BCUT2D eigenvalue weighted by Crippen LogP contribution is -2.58. The van der Waals surface area contributed by atoms with Crippen molar-refractivity contribution in [1.82, 2.24) is 20.9 Å². The van der Waals surface area contributed by atoms with Gasteiger partial charge in [-0.3, -0.25) is 14.4 Å². The highest BCUT2D eigenvalue weighted by Gasteiger charge is 2.34. The third-order valence-corrected chi connectivity index (χ3v) is 8.05. The van der Waals surface area contributed by atoms with Crippen molar-refractivity contribution in [3.8, 4) is 5.75 Å². The van der Waals surface area contributed by atoms with Crippen LogP contribution in [-0.2, 0) is 30.2 Å². The van der Waals surface area contributed by atoms with E-state index in [-0.39, 0.29) is 19.6 Å². The Morgan fingerprint density at radius 3 is 2.02 bits per heavy atom. The zero-order valence-electron chi connectivity index (χ0n) is 26.7. The van der Waals surface area contributed by atoms with Crippen LogP contribution in [0, 0.1) is 6.92 Å². The molecule has 3 rings (SSSR count). The molecule has 3 aromatic rings. The lowest BCUT2D eigenvalue weighted by Gasteiger charge is -2.33. The van der Waals surface area contributed by atoms with E-state index in [1.807, 2.05) is 43.3 Å². The van der Waals surface area contributed by atoms with Gasteiger partial charge in [0.15, 0.2) is 0 Å². The Balaban J connectivity index is 1.74. The quantitative estimate of drug-likeness (QED) is 0.146. The average Bonchev–Trinajstić information content (AvgIpc) is 3.47. The van der Waals surface area contributed by atoms with Crippen LogP contribution in [0.25, 0.3) is 0 Å². The van der Waals surface area contributed by atoms with Gasteiger partial charge in [-0.05, 0) is 44.4 Å². The molecule has 0 aliphatic heterocycles. The second-order valence-electron chi connectivity index (χ2n) is 10.9. The molecule has 0 radical (unpaired) electrons. The summed E-state index contributed by atoms with van der Waals surface area (Å²) in [6.45, 7) is 5.16. The fourth-order valence-corrected chi connectivity index (χ4v) is 5.31. The van der Waals surface area contributed by atoms with E-state index in [0.717, 1.165) is 5.56 Å². The molecule has 0 saturated carbocycles. The molecule has 0 aliphatic carbocycles. The van der Waals surface area contributed by atoms with Gasteiger partial charge in [-0.15, -0.1) is 11.3 Å². The summed E-state index contributed by atoms with van der Waals surface area (Å²) in [5, 5.41) is 9.05. The van der Waals surface area contributed by atoms with E-state index in [1.165, 1.54) is 31.8 Å². The molecule has 0 fully saturated rings. The molecule has 0 bridgehead atoms. The Kier molecular flexibility index (Phi) is 14.1. The lowest BCUT2D eigenvalue weighted by atomic mass is 9.90. The minimum absolute atomic E-state index is 0.126. The molecule has 4 atom stereocenters. The number of benzene rings is 2. The maximum absolute atomic E-state index is 13.7. The zero-order valence-corrected chi connectivity index (χ0v) is 27.6. The van der Waals surface area contributed by atoms with Crippen molar-refractivity contribution < 1.29 is 38.1 Å². The number of nitrogens with one attached hydrogen (secondary N) is 3. The Morgan fingerprint density at radius 2 is 1.46 bits per heavy atom. The summed E-state index contributed by atoms with van der Waals surface area (Å²) in [4.78, 5) is 56.8. The van der Waals surface area contributed by atoms with Crippen LogP contribution < -0.4 is 20.7 Å². The first kappa shape index (κ1) is 36.1. The standard InChI is InChI=1S/C33H42N4O8S/c1-6-33(3,45-32(41)44-25-15-11-8-12-16-25)18-24(17-23-13-9-7-10-14-23)35-29(38)26(20-42-4)36-30(39)27(21-43-5)37-31(40)28-19-34-22(2)46-28/h7-16,19,24,26-27H,6,17-18,20-21H2,1-5H3,(H,35,38)(H,36,39)(H,37,40)/t24-,26-,27-,33+/m0/s1. The molecule has 12 nitrogen and oxygen atoms in total. The Labute approximate surface area is 273 Å². The highest BCUT2D eigenvalue weighted by molar-refractivity contribution is 7.13. The van der Waals surface area contributed by atoms with Crippen LogP contribution >= 0.6 is 11.3 Å². The molecule has 0 saturated heterocycles. The smallest absolute Gasteiger partial charge is 0.428 e. The number of hydrogen-bond acceptors (Lipinski definition) is 10. The number of rotatable bonds is 17. The number of thiazole rings is 1. The molecular weight excluding hydrogens is 612 g/mol. The predicted molar refractivity (Wildman–Crippen MR) is 173 cm³/mol. The first-order chi connectivity index (χ1) is 22.1. The van der Waals surface area contributed by atoms with Crippen molar-refractivity contribution in [2.24, 2.45) is 0 Å². The van der Waals surface area contributed by atoms with E-state index in [1.54, 1.807) is 38.1 Å². The van der Waals surface area contributed by atoms with Crippen LogP contribution in [0.3, 0.4) is 0 Å². The van der Waals surface area contributed by atoms with E-state index in [0.29, 0.717) is 28.5 Å². The molecular formula is C33H42N4O8S. The lowest BCUT2D eigenvalue weighted by molar-refractivity contribution is -0.132. The van der Waals surface area contributed by atoms with Crippen molar-refractivity contribution in [3.63, 3.8) is 0 Å². The number of nitrogens with zero attached hydrogens (tertiary/aromatic N) is 1. The molecule has 248 valence electrons. The summed E-state index contributed by atoms with van der Waals surface area (Å²) < 4.78 is 21.6. The Hall–Kier alpha value is -4.33. The number of ether oxygens (including phenoxy) is 4. The normalized spacial score (nSPS) is 14.2. The van der Waals surface area contributed by atoms with Gasteiger partial charge in [-0.1, -0.05) is 55.5 Å². The molecule has 0 aliphatic rings. The predicted octanol–water partition coefficient (Wildman–Crippen LogP) is 3.83. The summed E-state index contributed by atoms with van der Waals surface area (Å²) in [6, 6.07) is 15.5. The second kappa shape index (κ2) is 18.0. The van der Waals surface area contributed by atoms with Crippen molar-refractivity contribution in [1.29, 1.82) is 0 Å². The maximum atomic E-state index is 13.7. The summed E-state index contributed by atoms with van der Waals surface area (Å²) in [5.74, 6) is -1.27. The van der Waals surface area contributed by atoms with E-state index >= 15 is 0 Å². The van der Waals surface area contributed by atoms with Crippen molar-refractivity contribution in [2.75, 3.05) is 27.4 Å². The molecule has 0 unspecified atom stereocenters. The van der Waals surface area contributed by atoms with E-state index in [9.17, 15) is 19.2 Å². The number of para-hydroxylation sites is 1.